The van der Waals surface area contributed by atoms with Crippen molar-refractivity contribution in [2.24, 2.45) is 11.3 Å². The van der Waals surface area contributed by atoms with Gasteiger partial charge in [-0.1, -0.05) is 51.4 Å². The van der Waals surface area contributed by atoms with Gasteiger partial charge in [-0.15, -0.1) is 10.2 Å². The summed E-state index contributed by atoms with van der Waals surface area (Å²) in [5.74, 6) is 0.0307. The molecule has 30 heavy (non-hydrogen) atoms. The molecule has 8 nitrogen and oxygen atoms in total. The second-order valence-electron chi connectivity index (χ2n) is 10.1. The molecule has 0 aromatic carbocycles. The molecule has 1 aliphatic heterocycles. The predicted molar refractivity (Wildman–Crippen MR) is 114 cm³/mol. The van der Waals surface area contributed by atoms with Crippen molar-refractivity contribution >= 4 is 34.3 Å². The largest absolute Gasteiger partial charge is 0.325 e. The van der Waals surface area contributed by atoms with E-state index in [1.54, 1.807) is 0 Å². The highest BCUT2D eigenvalue weighted by molar-refractivity contribution is 7.15. The van der Waals surface area contributed by atoms with Crippen molar-refractivity contribution in [2.45, 2.75) is 83.6 Å². The van der Waals surface area contributed by atoms with E-state index in [9.17, 15) is 14.4 Å². The maximum absolute atomic E-state index is 13.2. The van der Waals surface area contributed by atoms with Gasteiger partial charge < -0.3 is 5.32 Å². The first-order chi connectivity index (χ1) is 14.2. The summed E-state index contributed by atoms with van der Waals surface area (Å²) in [7, 11) is 0. The first-order valence-electron chi connectivity index (χ1n) is 10.9. The van der Waals surface area contributed by atoms with Crippen LogP contribution in [0.5, 0.6) is 0 Å². The van der Waals surface area contributed by atoms with Crippen molar-refractivity contribution in [3.05, 3.63) is 5.01 Å². The van der Waals surface area contributed by atoms with E-state index < -0.39 is 17.5 Å². The van der Waals surface area contributed by atoms with E-state index in [0.29, 0.717) is 29.8 Å². The summed E-state index contributed by atoms with van der Waals surface area (Å²) in [5, 5.41) is 15.3. The minimum absolute atomic E-state index is 0.0407. The highest BCUT2D eigenvalue weighted by atomic mass is 32.1. The third kappa shape index (κ3) is 4.22. The molecule has 4 amide bonds. The number of amides is 4. The van der Waals surface area contributed by atoms with Crippen LogP contribution in [0.25, 0.3) is 0 Å². The van der Waals surface area contributed by atoms with Gasteiger partial charge in [0.2, 0.25) is 11.0 Å². The molecule has 9 heteroatoms. The molecule has 1 spiro atoms. The monoisotopic (exact) mass is 433 g/mol. The number of imide groups is 1. The standard InChI is InChI=1S/C21H31N5O3S/c1-13-9-20(2,3)12-21(10-13)17(28)26(19(29)23-21)11-15(27)22-18-25-24-16(30-18)14-7-5-4-6-8-14/h13-14H,4-12H2,1-3H3,(H,23,29)(H,22,25,27). The lowest BCUT2D eigenvalue weighted by atomic mass is 9.64. The zero-order valence-corrected chi connectivity index (χ0v) is 18.8. The molecule has 2 heterocycles. The van der Waals surface area contributed by atoms with Crippen molar-refractivity contribution in [2.75, 3.05) is 11.9 Å². The van der Waals surface area contributed by atoms with Gasteiger partial charge in [0.1, 0.15) is 17.1 Å². The molecule has 164 valence electrons. The van der Waals surface area contributed by atoms with Gasteiger partial charge >= 0.3 is 6.03 Å². The Kier molecular flexibility index (Phi) is 5.59. The topological polar surface area (TPSA) is 104 Å². The lowest BCUT2D eigenvalue weighted by molar-refractivity contribution is -0.136. The molecule has 3 aliphatic rings. The Bertz CT molecular complexity index is 847. The summed E-state index contributed by atoms with van der Waals surface area (Å²) in [6, 6.07) is -0.486. The van der Waals surface area contributed by atoms with Crippen molar-refractivity contribution in [1.82, 2.24) is 20.4 Å². The zero-order valence-electron chi connectivity index (χ0n) is 18.0. The molecule has 1 aromatic rings. The van der Waals surface area contributed by atoms with Gasteiger partial charge in [0, 0.05) is 5.92 Å². The fourth-order valence-corrected chi connectivity index (χ4v) is 6.68. The van der Waals surface area contributed by atoms with Crippen LogP contribution < -0.4 is 10.6 Å². The molecule has 2 unspecified atom stereocenters. The van der Waals surface area contributed by atoms with Crippen molar-refractivity contribution in [1.29, 1.82) is 0 Å². The summed E-state index contributed by atoms with van der Waals surface area (Å²) in [4.78, 5) is 39.3. The number of hydrogen-bond donors (Lipinski definition) is 2. The van der Waals surface area contributed by atoms with Crippen LogP contribution in [0.15, 0.2) is 0 Å². The fraction of sp³-hybridized carbons (Fsp3) is 0.762. The average Bonchev–Trinajstić information content (AvgIpc) is 3.20. The molecule has 2 N–H and O–H groups in total. The number of hydrogen-bond acceptors (Lipinski definition) is 6. The quantitative estimate of drug-likeness (QED) is 0.705. The number of anilines is 1. The van der Waals surface area contributed by atoms with Crippen molar-refractivity contribution < 1.29 is 14.4 Å². The van der Waals surface area contributed by atoms with E-state index in [1.165, 1.54) is 30.6 Å². The van der Waals surface area contributed by atoms with Gasteiger partial charge in [-0.3, -0.25) is 19.8 Å². The normalized spacial score (nSPS) is 29.3. The molecule has 3 fully saturated rings. The number of carbonyl (C=O) groups is 3. The third-order valence-corrected chi connectivity index (χ3v) is 7.57. The SMILES string of the molecule is CC1CC(C)(C)CC2(C1)NC(=O)N(CC(=O)Nc1nnc(C3CCCCC3)s1)C2=O. The minimum atomic E-state index is -0.893. The number of rotatable bonds is 4. The molecule has 2 atom stereocenters. The van der Waals surface area contributed by atoms with Crippen LogP contribution in [0.1, 0.15) is 83.1 Å². The number of carbonyl (C=O) groups excluding carboxylic acids is 3. The van der Waals surface area contributed by atoms with Gasteiger partial charge in [-0.2, -0.15) is 0 Å². The number of nitrogens with one attached hydrogen (secondary N) is 2. The molecular weight excluding hydrogens is 402 g/mol. The Balaban J connectivity index is 1.39. The van der Waals surface area contributed by atoms with Crippen molar-refractivity contribution in [3.63, 3.8) is 0 Å². The van der Waals surface area contributed by atoms with E-state index in [2.05, 4.69) is 41.6 Å². The summed E-state index contributed by atoms with van der Waals surface area (Å²) in [6.45, 7) is 6.05. The molecule has 4 rings (SSSR count). The van der Waals surface area contributed by atoms with E-state index in [4.69, 9.17) is 0 Å². The lowest BCUT2D eigenvalue weighted by Gasteiger charge is -2.43. The highest BCUT2D eigenvalue weighted by Gasteiger charge is 2.56. The average molecular weight is 434 g/mol. The first kappa shape index (κ1) is 21.2. The fourth-order valence-electron chi connectivity index (χ4n) is 5.75. The van der Waals surface area contributed by atoms with E-state index in [-0.39, 0.29) is 17.9 Å². The van der Waals surface area contributed by atoms with Crippen LogP contribution in [0.2, 0.25) is 0 Å². The Morgan fingerprint density at radius 2 is 1.93 bits per heavy atom. The minimum Gasteiger partial charge on any atom is -0.323 e. The lowest BCUT2D eigenvalue weighted by Crippen LogP contribution is -2.54. The van der Waals surface area contributed by atoms with Gasteiger partial charge in [-0.25, -0.2) is 4.79 Å². The Morgan fingerprint density at radius 3 is 2.63 bits per heavy atom. The highest BCUT2D eigenvalue weighted by Crippen LogP contribution is 2.46. The van der Waals surface area contributed by atoms with Gasteiger partial charge in [0.05, 0.1) is 0 Å². The Hall–Kier alpha value is -2.03. The Morgan fingerprint density at radius 1 is 1.20 bits per heavy atom. The van der Waals surface area contributed by atoms with Crippen LogP contribution >= 0.6 is 11.3 Å². The molecule has 1 aromatic heterocycles. The maximum atomic E-state index is 13.2. The van der Waals surface area contributed by atoms with E-state index in [0.717, 1.165) is 29.2 Å². The smallest absolute Gasteiger partial charge is 0.323 e. The zero-order chi connectivity index (χ0) is 21.5. The number of aromatic nitrogens is 2. The van der Waals surface area contributed by atoms with Crippen LogP contribution in [0.4, 0.5) is 9.93 Å². The summed E-state index contributed by atoms with van der Waals surface area (Å²) < 4.78 is 0. The van der Waals surface area contributed by atoms with Gasteiger partial charge in [0.15, 0.2) is 0 Å². The molecule has 0 bridgehead atoms. The summed E-state index contributed by atoms with van der Waals surface area (Å²) >= 11 is 1.39. The number of nitrogens with zero attached hydrogens (tertiary/aromatic N) is 3. The van der Waals surface area contributed by atoms with Crippen LogP contribution in [-0.2, 0) is 9.59 Å². The molecular formula is C21H31N5O3S. The molecule has 0 radical (unpaired) electrons. The molecule has 2 saturated carbocycles. The van der Waals surface area contributed by atoms with Gasteiger partial charge in [0.25, 0.3) is 5.91 Å². The summed E-state index contributed by atoms with van der Waals surface area (Å²) in [6.07, 6.45) is 8.11. The van der Waals surface area contributed by atoms with E-state index >= 15 is 0 Å². The third-order valence-electron chi connectivity index (χ3n) is 6.57. The van der Waals surface area contributed by atoms with Crippen molar-refractivity contribution in [3.8, 4) is 0 Å². The van der Waals surface area contributed by atoms with Gasteiger partial charge in [-0.05, 0) is 43.4 Å². The molecule has 1 saturated heterocycles. The second kappa shape index (κ2) is 7.90. The van der Waals surface area contributed by atoms with Crippen LogP contribution in [0, 0.1) is 11.3 Å². The van der Waals surface area contributed by atoms with E-state index in [1.807, 2.05) is 0 Å². The van der Waals surface area contributed by atoms with Crippen LogP contribution in [-0.4, -0.2) is 45.0 Å². The number of urea groups is 1. The second-order valence-corrected chi connectivity index (χ2v) is 11.1. The maximum Gasteiger partial charge on any atom is 0.325 e. The van der Waals surface area contributed by atoms with Crippen LogP contribution in [0.3, 0.4) is 0 Å². The first-order valence-corrected chi connectivity index (χ1v) is 11.8. The Labute approximate surface area is 181 Å². The summed E-state index contributed by atoms with van der Waals surface area (Å²) in [5.41, 5.74) is -0.934. The molecule has 2 aliphatic carbocycles. The predicted octanol–water partition coefficient (Wildman–Crippen LogP) is 3.66.